The number of rotatable bonds is 5. The number of methoxy groups -OCH3 is 1. The molecule has 0 spiro atoms. The van der Waals surface area contributed by atoms with Crippen LogP contribution in [0, 0.1) is 0 Å². The largest absolute Gasteiger partial charge is 0.496 e. The van der Waals surface area contributed by atoms with Gasteiger partial charge in [-0.1, -0.05) is 18.2 Å². The number of benzene rings is 2. The molecule has 3 aromatic rings. The maximum absolute atomic E-state index is 13.2. The van der Waals surface area contributed by atoms with Gasteiger partial charge in [-0.25, -0.2) is 4.79 Å². The highest BCUT2D eigenvalue weighted by atomic mass is 16.5. The fraction of sp³-hybridized carbons (Fsp3) is 0.292. The number of aromatic nitrogens is 1. The molecule has 2 aromatic carbocycles. The molecule has 0 N–H and O–H groups in total. The number of esters is 1. The maximum atomic E-state index is 13.2. The zero-order valence-corrected chi connectivity index (χ0v) is 16.7. The second-order valence-corrected chi connectivity index (χ2v) is 7.30. The van der Waals surface area contributed by atoms with Crippen LogP contribution < -0.4 is 4.74 Å². The second kappa shape index (κ2) is 8.03. The number of carbonyl (C=O) groups is 2. The van der Waals surface area contributed by atoms with Crippen LogP contribution in [-0.4, -0.2) is 23.8 Å². The van der Waals surface area contributed by atoms with Gasteiger partial charge >= 0.3 is 5.97 Å². The Bertz CT molecular complexity index is 1100. The molecular weight excluding hydrogens is 366 g/mol. The Hall–Kier alpha value is -3.21. The summed E-state index contributed by atoms with van der Waals surface area (Å²) in [5.41, 5.74) is 4.66. The van der Waals surface area contributed by atoms with Crippen molar-refractivity contribution in [1.29, 1.82) is 0 Å². The topological polar surface area (TPSA) is 65.5 Å². The third-order valence-electron chi connectivity index (χ3n) is 5.42. The smallest absolute Gasteiger partial charge is 0.339 e. The molecule has 0 unspecified atom stereocenters. The van der Waals surface area contributed by atoms with E-state index in [2.05, 4.69) is 0 Å². The summed E-state index contributed by atoms with van der Waals surface area (Å²) in [5, 5.41) is 0.822. The number of aryl methyl sites for hydroxylation is 1. The SMILES string of the molecule is COc1ccc(C(C)=O)cc1COC(=O)c1c2c(nc3ccccc13)CCCC2. The first-order valence-corrected chi connectivity index (χ1v) is 9.84. The predicted molar refractivity (Wildman–Crippen MR) is 111 cm³/mol. The van der Waals surface area contributed by atoms with E-state index in [0.29, 0.717) is 22.4 Å². The molecular formula is C24H23NO4. The molecule has 0 saturated heterocycles. The fourth-order valence-electron chi connectivity index (χ4n) is 3.93. The third-order valence-corrected chi connectivity index (χ3v) is 5.42. The molecule has 0 amide bonds. The number of fused-ring (bicyclic) bond motifs is 2. The molecule has 4 rings (SSSR count). The van der Waals surface area contributed by atoms with Crippen molar-refractivity contribution in [2.24, 2.45) is 0 Å². The van der Waals surface area contributed by atoms with Crippen molar-refractivity contribution in [3.63, 3.8) is 0 Å². The Kier molecular flexibility index (Phi) is 5.30. The summed E-state index contributed by atoms with van der Waals surface area (Å²) in [7, 11) is 1.56. The summed E-state index contributed by atoms with van der Waals surface area (Å²) >= 11 is 0. The lowest BCUT2D eigenvalue weighted by Crippen LogP contribution is -2.16. The number of ether oxygens (including phenoxy) is 2. The predicted octanol–water partition coefficient (Wildman–Crippen LogP) is 4.68. The summed E-state index contributed by atoms with van der Waals surface area (Å²) in [6, 6.07) is 12.8. The Balaban J connectivity index is 1.69. The van der Waals surface area contributed by atoms with Gasteiger partial charge in [-0.3, -0.25) is 9.78 Å². The molecule has 0 radical (unpaired) electrons. The van der Waals surface area contributed by atoms with Crippen LogP contribution in [0.25, 0.3) is 10.9 Å². The molecule has 5 heteroatoms. The van der Waals surface area contributed by atoms with Gasteiger partial charge in [0, 0.05) is 22.2 Å². The Morgan fingerprint density at radius 2 is 1.86 bits per heavy atom. The molecule has 29 heavy (non-hydrogen) atoms. The highest BCUT2D eigenvalue weighted by Gasteiger charge is 2.24. The number of hydrogen-bond donors (Lipinski definition) is 0. The van der Waals surface area contributed by atoms with Crippen molar-refractivity contribution in [3.05, 3.63) is 70.4 Å². The molecule has 0 fully saturated rings. The molecule has 0 atom stereocenters. The minimum atomic E-state index is -0.364. The van der Waals surface area contributed by atoms with Gasteiger partial charge in [-0.05, 0) is 62.4 Å². The summed E-state index contributed by atoms with van der Waals surface area (Å²) in [4.78, 5) is 29.6. The molecule has 0 saturated carbocycles. The Labute approximate surface area is 169 Å². The standard InChI is InChI=1S/C24H23NO4/c1-15(26)16-11-12-22(28-2)17(13-16)14-29-24(27)23-18-7-3-5-9-20(18)25-21-10-6-4-8-19(21)23/h3,5,7,9,11-13H,4,6,8,10,14H2,1-2H3. The van der Waals surface area contributed by atoms with E-state index < -0.39 is 0 Å². The number of pyridine rings is 1. The van der Waals surface area contributed by atoms with Gasteiger partial charge in [0.25, 0.3) is 0 Å². The molecule has 1 aliphatic rings. The lowest BCUT2D eigenvalue weighted by Gasteiger charge is -2.20. The summed E-state index contributed by atoms with van der Waals surface area (Å²) in [5.74, 6) is 0.177. The Morgan fingerprint density at radius 3 is 2.66 bits per heavy atom. The van der Waals surface area contributed by atoms with Gasteiger partial charge in [0.1, 0.15) is 12.4 Å². The molecule has 1 heterocycles. The van der Waals surface area contributed by atoms with Crippen LogP contribution in [0.5, 0.6) is 5.75 Å². The summed E-state index contributed by atoms with van der Waals surface area (Å²) in [6.45, 7) is 1.54. The quantitative estimate of drug-likeness (QED) is 0.468. The van der Waals surface area contributed by atoms with Crippen molar-refractivity contribution in [2.75, 3.05) is 7.11 Å². The van der Waals surface area contributed by atoms with Crippen molar-refractivity contribution in [3.8, 4) is 5.75 Å². The minimum absolute atomic E-state index is 0.0363. The summed E-state index contributed by atoms with van der Waals surface area (Å²) < 4.78 is 11.1. The number of hydrogen-bond acceptors (Lipinski definition) is 5. The number of nitrogens with zero attached hydrogens (tertiary/aromatic N) is 1. The highest BCUT2D eigenvalue weighted by Crippen LogP contribution is 2.30. The van der Waals surface area contributed by atoms with Crippen LogP contribution in [0.15, 0.2) is 42.5 Å². The Morgan fingerprint density at radius 1 is 1.07 bits per heavy atom. The normalized spacial score (nSPS) is 13.0. The van der Waals surface area contributed by atoms with E-state index in [1.807, 2.05) is 24.3 Å². The fourth-order valence-corrected chi connectivity index (χ4v) is 3.93. The monoisotopic (exact) mass is 389 g/mol. The highest BCUT2D eigenvalue weighted by molar-refractivity contribution is 6.05. The van der Waals surface area contributed by atoms with Crippen molar-refractivity contribution < 1.29 is 19.1 Å². The summed E-state index contributed by atoms with van der Waals surface area (Å²) in [6.07, 6.45) is 3.85. The molecule has 0 bridgehead atoms. The van der Waals surface area contributed by atoms with E-state index in [-0.39, 0.29) is 18.4 Å². The number of para-hydroxylation sites is 1. The van der Waals surface area contributed by atoms with Gasteiger partial charge in [0.05, 0.1) is 18.2 Å². The lowest BCUT2D eigenvalue weighted by atomic mass is 9.90. The van der Waals surface area contributed by atoms with Crippen molar-refractivity contribution in [1.82, 2.24) is 4.98 Å². The molecule has 0 aliphatic heterocycles. The molecule has 1 aliphatic carbocycles. The third kappa shape index (κ3) is 3.73. The zero-order chi connectivity index (χ0) is 20.4. The van der Waals surface area contributed by atoms with Gasteiger partial charge in [0.15, 0.2) is 5.78 Å². The van der Waals surface area contributed by atoms with E-state index in [1.165, 1.54) is 6.92 Å². The lowest BCUT2D eigenvalue weighted by molar-refractivity contribution is 0.0471. The van der Waals surface area contributed by atoms with Crippen molar-refractivity contribution >= 4 is 22.7 Å². The number of Topliss-reactive ketones (excluding diaryl/α,β-unsaturated/α-hetero) is 1. The van der Waals surface area contributed by atoms with Gasteiger partial charge < -0.3 is 9.47 Å². The van der Waals surface area contributed by atoms with Crippen LogP contribution >= 0.6 is 0 Å². The van der Waals surface area contributed by atoms with Crippen LogP contribution in [0.3, 0.4) is 0 Å². The van der Waals surface area contributed by atoms with Crippen molar-refractivity contribution in [2.45, 2.75) is 39.2 Å². The van der Waals surface area contributed by atoms with E-state index in [4.69, 9.17) is 14.5 Å². The van der Waals surface area contributed by atoms with E-state index in [1.54, 1.807) is 25.3 Å². The van der Waals surface area contributed by atoms with E-state index in [9.17, 15) is 9.59 Å². The average molecular weight is 389 g/mol. The first-order chi connectivity index (χ1) is 14.1. The van der Waals surface area contributed by atoms with Crippen LogP contribution in [-0.2, 0) is 24.2 Å². The second-order valence-electron chi connectivity index (χ2n) is 7.30. The van der Waals surface area contributed by atoms with Crippen LogP contribution in [0.4, 0.5) is 0 Å². The minimum Gasteiger partial charge on any atom is -0.496 e. The molecule has 148 valence electrons. The first kappa shape index (κ1) is 19.1. The van der Waals surface area contributed by atoms with E-state index in [0.717, 1.165) is 47.8 Å². The van der Waals surface area contributed by atoms with Gasteiger partial charge in [0.2, 0.25) is 0 Å². The van der Waals surface area contributed by atoms with Crippen LogP contribution in [0.2, 0.25) is 0 Å². The molecule has 1 aromatic heterocycles. The number of carbonyl (C=O) groups excluding carboxylic acids is 2. The maximum Gasteiger partial charge on any atom is 0.339 e. The van der Waals surface area contributed by atoms with Gasteiger partial charge in [-0.2, -0.15) is 0 Å². The first-order valence-electron chi connectivity index (χ1n) is 9.84. The van der Waals surface area contributed by atoms with Crippen LogP contribution in [0.1, 0.15) is 57.3 Å². The van der Waals surface area contributed by atoms with Gasteiger partial charge in [-0.15, -0.1) is 0 Å². The molecule has 5 nitrogen and oxygen atoms in total. The van der Waals surface area contributed by atoms with E-state index >= 15 is 0 Å². The zero-order valence-electron chi connectivity index (χ0n) is 16.7. The average Bonchev–Trinajstić information content (AvgIpc) is 2.75. The number of ketones is 1.